The summed E-state index contributed by atoms with van der Waals surface area (Å²) in [5, 5.41) is 5.72. The molecule has 0 fully saturated rings. The van der Waals surface area contributed by atoms with Gasteiger partial charge in [0.2, 0.25) is 5.91 Å². The van der Waals surface area contributed by atoms with Crippen LogP contribution in [0.25, 0.3) is 0 Å². The van der Waals surface area contributed by atoms with Gasteiger partial charge in [0.15, 0.2) is 6.61 Å². The van der Waals surface area contributed by atoms with Crippen molar-refractivity contribution in [2.24, 2.45) is 0 Å². The topological polar surface area (TPSA) is 85.9 Å². The molecule has 7 nitrogen and oxygen atoms in total. The Morgan fingerprint density at radius 2 is 1.89 bits per heavy atom. The number of aryl methyl sites for hydroxylation is 1. The van der Waals surface area contributed by atoms with Crippen molar-refractivity contribution in [3.8, 4) is 17.2 Å². The molecule has 7 heteroatoms. The number of hydrogen-bond donors (Lipinski definition) is 2. The zero-order valence-corrected chi connectivity index (χ0v) is 16.2. The van der Waals surface area contributed by atoms with Crippen LogP contribution in [0.5, 0.6) is 17.2 Å². The first-order valence-corrected chi connectivity index (χ1v) is 9.07. The Kier molecular flexibility index (Phi) is 6.03. The van der Waals surface area contributed by atoms with E-state index in [0.717, 1.165) is 16.8 Å². The highest BCUT2D eigenvalue weighted by Crippen LogP contribution is 2.29. The first-order valence-electron chi connectivity index (χ1n) is 9.07. The number of anilines is 1. The molecular weight excluding hydrogens is 360 g/mol. The fraction of sp³-hybridized carbons (Fsp3) is 0.333. The van der Waals surface area contributed by atoms with E-state index in [1.807, 2.05) is 19.1 Å². The van der Waals surface area contributed by atoms with Gasteiger partial charge in [-0.25, -0.2) is 0 Å². The summed E-state index contributed by atoms with van der Waals surface area (Å²) in [7, 11) is 3.17. The molecule has 0 saturated carbocycles. The summed E-state index contributed by atoms with van der Waals surface area (Å²) in [5.41, 5.74) is 2.62. The molecule has 0 spiro atoms. The van der Waals surface area contributed by atoms with E-state index < -0.39 is 0 Å². The summed E-state index contributed by atoms with van der Waals surface area (Å²) in [6, 6.07) is 10.6. The predicted molar refractivity (Wildman–Crippen MR) is 105 cm³/mol. The highest BCUT2D eigenvalue weighted by molar-refractivity contribution is 5.94. The zero-order valence-electron chi connectivity index (χ0n) is 16.2. The maximum atomic E-state index is 12.3. The van der Waals surface area contributed by atoms with E-state index in [2.05, 4.69) is 10.6 Å². The average Bonchev–Trinajstić information content (AvgIpc) is 2.71. The molecular formula is C21H24N2O5. The van der Waals surface area contributed by atoms with Gasteiger partial charge in [0.05, 0.1) is 20.3 Å². The quantitative estimate of drug-likeness (QED) is 0.767. The number of benzene rings is 2. The lowest BCUT2D eigenvalue weighted by Gasteiger charge is -2.19. The summed E-state index contributed by atoms with van der Waals surface area (Å²) in [6.07, 6.45) is 1.12. The van der Waals surface area contributed by atoms with Gasteiger partial charge < -0.3 is 24.8 Å². The Bertz CT molecular complexity index is 881. The second-order valence-corrected chi connectivity index (χ2v) is 6.55. The maximum absolute atomic E-state index is 12.3. The molecule has 2 aromatic rings. The van der Waals surface area contributed by atoms with Crippen molar-refractivity contribution < 1.29 is 23.8 Å². The zero-order chi connectivity index (χ0) is 20.1. The summed E-state index contributed by atoms with van der Waals surface area (Å²) in [5.74, 6) is 1.73. The van der Waals surface area contributed by atoms with Crippen LogP contribution in [0.3, 0.4) is 0 Å². The van der Waals surface area contributed by atoms with Crippen LogP contribution in [-0.4, -0.2) is 32.6 Å². The molecule has 0 radical (unpaired) electrons. The van der Waals surface area contributed by atoms with Crippen LogP contribution in [0.1, 0.15) is 30.5 Å². The van der Waals surface area contributed by atoms with Gasteiger partial charge in [0, 0.05) is 17.7 Å². The lowest BCUT2D eigenvalue weighted by molar-refractivity contribution is -0.123. The minimum Gasteiger partial charge on any atom is -0.497 e. The lowest BCUT2D eigenvalue weighted by Crippen LogP contribution is -2.31. The van der Waals surface area contributed by atoms with Crippen LogP contribution in [-0.2, 0) is 16.0 Å². The molecule has 1 aliphatic heterocycles. The van der Waals surface area contributed by atoms with Crippen molar-refractivity contribution >= 4 is 17.5 Å². The third-order valence-corrected chi connectivity index (χ3v) is 4.62. The molecule has 148 valence electrons. The third kappa shape index (κ3) is 4.54. The van der Waals surface area contributed by atoms with Gasteiger partial charge in [0.25, 0.3) is 5.91 Å². The van der Waals surface area contributed by atoms with Gasteiger partial charge in [-0.3, -0.25) is 9.59 Å². The summed E-state index contributed by atoms with van der Waals surface area (Å²) in [6.45, 7) is 1.76. The van der Waals surface area contributed by atoms with Crippen molar-refractivity contribution in [2.45, 2.75) is 25.8 Å². The molecule has 3 rings (SSSR count). The van der Waals surface area contributed by atoms with E-state index in [-0.39, 0.29) is 24.5 Å². The second kappa shape index (κ2) is 8.65. The number of nitrogens with one attached hydrogen (secondary N) is 2. The van der Waals surface area contributed by atoms with Crippen molar-refractivity contribution in [1.82, 2.24) is 5.32 Å². The first-order chi connectivity index (χ1) is 13.5. The Morgan fingerprint density at radius 1 is 1.11 bits per heavy atom. The molecule has 0 saturated heterocycles. The van der Waals surface area contributed by atoms with Crippen LogP contribution in [0, 0.1) is 0 Å². The lowest BCUT2D eigenvalue weighted by atomic mass is 10.0. The maximum Gasteiger partial charge on any atom is 0.258 e. The number of ether oxygens (including phenoxy) is 3. The van der Waals surface area contributed by atoms with E-state index in [9.17, 15) is 9.59 Å². The van der Waals surface area contributed by atoms with Crippen LogP contribution < -0.4 is 24.8 Å². The highest BCUT2D eigenvalue weighted by atomic mass is 16.5. The minimum atomic E-state index is -0.278. The molecule has 1 atom stereocenters. The van der Waals surface area contributed by atoms with Gasteiger partial charge in [-0.1, -0.05) is 0 Å². The fourth-order valence-electron chi connectivity index (χ4n) is 3.14. The van der Waals surface area contributed by atoms with E-state index in [1.165, 1.54) is 0 Å². The van der Waals surface area contributed by atoms with Gasteiger partial charge in [-0.05, 0) is 55.3 Å². The number of hydrogen-bond acceptors (Lipinski definition) is 5. The smallest absolute Gasteiger partial charge is 0.258 e. The SMILES string of the molecule is COc1ccc(OC)c([C@@H](C)NC(=O)COc2ccc3c(c2)CCC(=O)N3)c1. The van der Waals surface area contributed by atoms with Gasteiger partial charge >= 0.3 is 0 Å². The molecule has 1 heterocycles. The van der Waals surface area contributed by atoms with Crippen molar-refractivity contribution in [2.75, 3.05) is 26.1 Å². The van der Waals surface area contributed by atoms with Crippen LogP contribution in [0.2, 0.25) is 0 Å². The Hall–Kier alpha value is -3.22. The van der Waals surface area contributed by atoms with E-state index in [4.69, 9.17) is 14.2 Å². The van der Waals surface area contributed by atoms with Gasteiger partial charge in [-0.2, -0.15) is 0 Å². The molecule has 28 heavy (non-hydrogen) atoms. The first kappa shape index (κ1) is 19.5. The molecule has 2 aromatic carbocycles. The molecule has 2 N–H and O–H groups in total. The number of fused-ring (bicyclic) bond motifs is 1. The summed E-state index contributed by atoms with van der Waals surface area (Å²) < 4.78 is 16.2. The number of rotatable bonds is 7. The Labute approximate surface area is 164 Å². The number of amides is 2. The number of methoxy groups -OCH3 is 2. The molecule has 0 aromatic heterocycles. The number of carbonyl (C=O) groups excluding carboxylic acids is 2. The van der Waals surface area contributed by atoms with Gasteiger partial charge in [-0.15, -0.1) is 0 Å². The van der Waals surface area contributed by atoms with Crippen LogP contribution in [0.15, 0.2) is 36.4 Å². The molecule has 0 bridgehead atoms. The van der Waals surface area contributed by atoms with Crippen LogP contribution >= 0.6 is 0 Å². The third-order valence-electron chi connectivity index (χ3n) is 4.62. The van der Waals surface area contributed by atoms with Crippen molar-refractivity contribution in [1.29, 1.82) is 0 Å². The number of carbonyl (C=O) groups is 2. The fourth-order valence-corrected chi connectivity index (χ4v) is 3.14. The predicted octanol–water partition coefficient (Wildman–Crippen LogP) is 2.84. The van der Waals surface area contributed by atoms with Crippen LogP contribution in [0.4, 0.5) is 5.69 Å². The second-order valence-electron chi connectivity index (χ2n) is 6.55. The van der Waals surface area contributed by atoms with E-state index in [1.54, 1.807) is 38.5 Å². The summed E-state index contributed by atoms with van der Waals surface area (Å²) in [4.78, 5) is 23.7. The van der Waals surface area contributed by atoms with E-state index >= 15 is 0 Å². The Balaban J connectivity index is 1.59. The molecule has 1 aliphatic rings. The normalized spacial score (nSPS) is 13.8. The largest absolute Gasteiger partial charge is 0.497 e. The minimum absolute atomic E-state index is 0.0162. The van der Waals surface area contributed by atoms with Crippen molar-refractivity contribution in [3.63, 3.8) is 0 Å². The van der Waals surface area contributed by atoms with Gasteiger partial charge in [0.1, 0.15) is 17.2 Å². The standard InChI is InChI=1S/C21H24N2O5/c1-13(17-11-15(26-2)6-8-19(17)27-3)22-21(25)12-28-16-5-7-18-14(10-16)4-9-20(24)23-18/h5-8,10-11,13H,4,9,12H2,1-3H3,(H,22,25)(H,23,24)/t13-/m1/s1. The Morgan fingerprint density at radius 3 is 2.64 bits per heavy atom. The molecule has 0 unspecified atom stereocenters. The van der Waals surface area contributed by atoms with E-state index in [0.29, 0.717) is 30.1 Å². The molecule has 2 amide bonds. The molecule has 0 aliphatic carbocycles. The van der Waals surface area contributed by atoms with Crippen molar-refractivity contribution in [3.05, 3.63) is 47.5 Å². The average molecular weight is 384 g/mol. The monoisotopic (exact) mass is 384 g/mol. The summed E-state index contributed by atoms with van der Waals surface area (Å²) >= 11 is 0. The highest BCUT2D eigenvalue weighted by Gasteiger charge is 2.17.